The highest BCUT2D eigenvalue weighted by atomic mass is 35.5. The van der Waals surface area contributed by atoms with Gasteiger partial charge in [-0.1, -0.05) is 41.4 Å². The number of anilines is 2. The molecule has 3 rings (SSSR count). The van der Waals surface area contributed by atoms with E-state index < -0.39 is 0 Å². The summed E-state index contributed by atoms with van der Waals surface area (Å²) in [5.74, 6) is 0.479. The molecule has 0 atom stereocenters. The minimum Gasteiger partial charge on any atom is -0.470 e. The lowest BCUT2D eigenvalue weighted by Crippen LogP contribution is -2.18. The molecule has 4 nitrogen and oxygen atoms in total. The summed E-state index contributed by atoms with van der Waals surface area (Å²) < 4.78 is 5.61. The average molecular weight is 358 g/mol. The molecule has 1 heterocycles. The van der Waals surface area contributed by atoms with E-state index in [2.05, 4.69) is 11.4 Å². The zero-order valence-electron chi connectivity index (χ0n) is 12.5. The highest BCUT2D eigenvalue weighted by Crippen LogP contribution is 2.32. The molecule has 120 valence electrons. The van der Waals surface area contributed by atoms with E-state index in [1.165, 1.54) is 0 Å². The quantitative estimate of drug-likeness (QED) is 0.821. The van der Waals surface area contributed by atoms with Gasteiger partial charge in [0.2, 0.25) is 0 Å². The van der Waals surface area contributed by atoms with Crippen LogP contribution in [-0.2, 0) is 4.74 Å². The Balaban J connectivity index is 1.80. The van der Waals surface area contributed by atoms with E-state index in [1.807, 2.05) is 30.3 Å². The van der Waals surface area contributed by atoms with Gasteiger partial charge < -0.3 is 10.1 Å². The van der Waals surface area contributed by atoms with E-state index in [-0.39, 0.29) is 6.73 Å². The molecule has 24 heavy (non-hydrogen) atoms. The van der Waals surface area contributed by atoms with Gasteiger partial charge in [-0.25, -0.2) is 0 Å². The summed E-state index contributed by atoms with van der Waals surface area (Å²) in [5, 5.41) is 13.8. The number of halogens is 2. The molecule has 2 aromatic rings. The fourth-order valence-electron chi connectivity index (χ4n) is 2.29. The van der Waals surface area contributed by atoms with Crippen molar-refractivity contribution in [2.45, 2.75) is 0 Å². The average Bonchev–Trinajstić information content (AvgIpc) is 2.98. The molecule has 6 heteroatoms. The normalized spacial score (nSPS) is 14.0. The summed E-state index contributed by atoms with van der Waals surface area (Å²) in [4.78, 5) is 1.74. The largest absolute Gasteiger partial charge is 0.470 e. The van der Waals surface area contributed by atoms with Crippen molar-refractivity contribution in [2.75, 3.05) is 16.9 Å². The monoisotopic (exact) mass is 357 g/mol. The van der Waals surface area contributed by atoms with Gasteiger partial charge in [0, 0.05) is 16.9 Å². The summed E-state index contributed by atoms with van der Waals surface area (Å²) in [6.07, 6.45) is 3.41. The Bertz CT molecular complexity index is 855. The van der Waals surface area contributed by atoms with E-state index in [0.29, 0.717) is 21.5 Å². The van der Waals surface area contributed by atoms with Gasteiger partial charge in [0.1, 0.15) is 6.07 Å². The number of rotatable bonds is 4. The maximum Gasteiger partial charge on any atom is 0.166 e. The first-order valence-corrected chi connectivity index (χ1v) is 7.92. The molecule has 0 aliphatic carbocycles. The van der Waals surface area contributed by atoms with Gasteiger partial charge in [0.25, 0.3) is 0 Å². The maximum absolute atomic E-state index is 9.47. The van der Waals surface area contributed by atoms with Gasteiger partial charge in [-0.2, -0.15) is 5.26 Å². The van der Waals surface area contributed by atoms with Crippen LogP contribution in [0.2, 0.25) is 10.0 Å². The third kappa shape index (κ3) is 3.48. The zero-order chi connectivity index (χ0) is 16.9. The van der Waals surface area contributed by atoms with Gasteiger partial charge >= 0.3 is 0 Å². The number of ether oxygens (including phenoxy) is 1. The van der Waals surface area contributed by atoms with Crippen LogP contribution in [-0.4, -0.2) is 6.73 Å². The molecule has 0 amide bonds. The van der Waals surface area contributed by atoms with Crippen LogP contribution in [0, 0.1) is 11.3 Å². The number of hydrogen-bond donors (Lipinski definition) is 1. The van der Waals surface area contributed by atoms with Crippen LogP contribution < -0.4 is 10.2 Å². The molecule has 1 aliphatic heterocycles. The smallest absolute Gasteiger partial charge is 0.166 e. The van der Waals surface area contributed by atoms with Crippen LogP contribution in [0.4, 0.5) is 11.4 Å². The molecular formula is C18H13Cl2N3O. The maximum atomic E-state index is 9.47. The number of benzene rings is 2. The molecular weight excluding hydrogens is 345 g/mol. The third-order valence-corrected chi connectivity index (χ3v) is 3.97. The fraction of sp³-hybridized carbons (Fsp3) is 0.0556. The van der Waals surface area contributed by atoms with E-state index in [9.17, 15) is 5.26 Å². The van der Waals surface area contributed by atoms with Crippen molar-refractivity contribution >= 4 is 34.6 Å². The number of nitriles is 1. The number of nitrogens with zero attached hydrogens (tertiary/aromatic N) is 2. The first-order chi connectivity index (χ1) is 11.7. The van der Waals surface area contributed by atoms with Gasteiger partial charge in [-0.05, 0) is 36.4 Å². The van der Waals surface area contributed by atoms with Crippen LogP contribution >= 0.6 is 23.2 Å². The molecule has 0 bridgehead atoms. The fourth-order valence-corrected chi connectivity index (χ4v) is 2.72. The van der Waals surface area contributed by atoms with E-state index in [1.54, 1.807) is 35.4 Å². The number of allylic oxidation sites excluding steroid dienone is 2. The van der Waals surface area contributed by atoms with Gasteiger partial charge in [-0.3, -0.25) is 4.90 Å². The summed E-state index contributed by atoms with van der Waals surface area (Å²) in [7, 11) is 0. The summed E-state index contributed by atoms with van der Waals surface area (Å²) >= 11 is 12.1. The first kappa shape index (κ1) is 16.3. The standard InChI is InChI=1S/C18H13Cl2N3O/c19-13-4-3-5-14(10-13)22-9-8-18-17(11-21)23(12-24-18)16-7-2-1-6-15(16)20/h1-10,22H,12H2. The van der Waals surface area contributed by atoms with Crippen molar-refractivity contribution in [3.8, 4) is 6.07 Å². The topological polar surface area (TPSA) is 48.3 Å². The molecule has 0 saturated carbocycles. The lowest BCUT2D eigenvalue weighted by Gasteiger charge is -2.16. The van der Waals surface area contributed by atoms with Crippen molar-refractivity contribution in [1.82, 2.24) is 0 Å². The minimum atomic E-state index is 0.240. The molecule has 1 N–H and O–H groups in total. The molecule has 2 aromatic carbocycles. The number of hydrogen-bond acceptors (Lipinski definition) is 4. The van der Waals surface area contributed by atoms with Gasteiger partial charge in [0.05, 0.1) is 10.7 Å². The second-order valence-electron chi connectivity index (χ2n) is 4.97. The predicted octanol–water partition coefficient (Wildman–Crippen LogP) is 5.15. The Labute approximate surface area is 150 Å². The Morgan fingerprint density at radius 2 is 2.00 bits per heavy atom. The van der Waals surface area contributed by atoms with E-state index in [4.69, 9.17) is 27.9 Å². The summed E-state index contributed by atoms with van der Waals surface area (Å²) in [6.45, 7) is 0.240. The van der Waals surface area contributed by atoms with Crippen LogP contribution in [0.15, 0.2) is 72.3 Å². The summed E-state index contributed by atoms with van der Waals surface area (Å²) in [6, 6.07) is 16.8. The number of nitrogens with one attached hydrogen (secondary N) is 1. The molecule has 1 aliphatic rings. The molecule has 0 saturated heterocycles. The van der Waals surface area contributed by atoms with Gasteiger partial charge in [-0.15, -0.1) is 0 Å². The molecule has 0 fully saturated rings. The highest BCUT2D eigenvalue weighted by Gasteiger charge is 2.25. The van der Waals surface area contributed by atoms with Crippen molar-refractivity contribution in [3.05, 3.63) is 82.3 Å². The van der Waals surface area contributed by atoms with Crippen LogP contribution in [0.5, 0.6) is 0 Å². The first-order valence-electron chi connectivity index (χ1n) is 7.17. The second-order valence-corrected chi connectivity index (χ2v) is 5.81. The minimum absolute atomic E-state index is 0.240. The Kier molecular flexibility index (Phi) is 4.95. The van der Waals surface area contributed by atoms with E-state index in [0.717, 1.165) is 11.4 Å². The van der Waals surface area contributed by atoms with E-state index >= 15 is 0 Å². The Hall–Kier alpha value is -2.61. The van der Waals surface area contributed by atoms with Crippen molar-refractivity contribution in [3.63, 3.8) is 0 Å². The van der Waals surface area contributed by atoms with Crippen LogP contribution in [0.25, 0.3) is 0 Å². The van der Waals surface area contributed by atoms with Crippen LogP contribution in [0.3, 0.4) is 0 Å². The molecule has 0 unspecified atom stereocenters. The Morgan fingerprint density at radius 1 is 1.17 bits per heavy atom. The number of para-hydroxylation sites is 1. The van der Waals surface area contributed by atoms with Crippen LogP contribution in [0.1, 0.15) is 0 Å². The molecule has 0 radical (unpaired) electrons. The Morgan fingerprint density at radius 3 is 2.75 bits per heavy atom. The third-order valence-electron chi connectivity index (χ3n) is 3.41. The summed E-state index contributed by atoms with van der Waals surface area (Å²) in [5.41, 5.74) is 1.99. The predicted molar refractivity (Wildman–Crippen MR) is 96.7 cm³/mol. The lowest BCUT2D eigenvalue weighted by molar-refractivity contribution is 0.257. The highest BCUT2D eigenvalue weighted by molar-refractivity contribution is 6.33. The van der Waals surface area contributed by atoms with Crippen molar-refractivity contribution < 1.29 is 4.74 Å². The molecule has 0 spiro atoms. The lowest BCUT2D eigenvalue weighted by atomic mass is 10.2. The zero-order valence-corrected chi connectivity index (χ0v) is 14.1. The molecule has 0 aromatic heterocycles. The second kappa shape index (κ2) is 7.31. The SMILES string of the molecule is N#CC1=C(C=CNc2cccc(Cl)c2)OCN1c1ccccc1Cl. The van der Waals surface area contributed by atoms with Crippen molar-refractivity contribution in [2.24, 2.45) is 0 Å². The van der Waals surface area contributed by atoms with Gasteiger partial charge in [0.15, 0.2) is 18.2 Å². The van der Waals surface area contributed by atoms with Crippen molar-refractivity contribution in [1.29, 1.82) is 5.26 Å².